The lowest BCUT2D eigenvalue weighted by molar-refractivity contribution is -0.382. The first-order chi connectivity index (χ1) is 13.5. The molecule has 5 nitrogen and oxygen atoms in total. The Bertz CT molecular complexity index is 632. The predicted octanol–water partition coefficient (Wildman–Crippen LogP) is 5.14. The van der Waals surface area contributed by atoms with Gasteiger partial charge in [-0.3, -0.25) is 4.55 Å². The van der Waals surface area contributed by atoms with Crippen LogP contribution in [0.1, 0.15) is 65.7 Å². The standard InChI is InChI=1S/C12H27NO.C4HF9O3S/c1-4-5-6-7-8-9-10-11(14)12(2,3)13;5-1(6,3(9,10)11)2(7,8)4(12,13)17(14,15)16/h11,14H,4-10,13H2,1-3H3;(H,14,15,16). The van der Waals surface area contributed by atoms with Crippen molar-refractivity contribution in [3.63, 3.8) is 0 Å². The molecule has 4 N–H and O–H groups in total. The summed E-state index contributed by atoms with van der Waals surface area (Å²) >= 11 is 0. The van der Waals surface area contributed by atoms with Crippen molar-refractivity contribution in [2.45, 2.75) is 101 Å². The van der Waals surface area contributed by atoms with Crippen LogP contribution in [-0.4, -0.2) is 53.0 Å². The second-order valence-corrected chi connectivity index (χ2v) is 8.99. The molecule has 0 aromatic rings. The second kappa shape index (κ2) is 11.4. The normalized spacial score (nSPS) is 15.3. The SMILES string of the molecule is CCCCCCCCC(O)C(C)(C)N.O=S(=O)(O)C(F)(F)C(F)(F)C(F)(F)C(F)(F)F. The summed E-state index contributed by atoms with van der Waals surface area (Å²) in [5.41, 5.74) is 5.35. The summed E-state index contributed by atoms with van der Waals surface area (Å²) in [6.45, 7) is 5.99. The summed E-state index contributed by atoms with van der Waals surface area (Å²) in [6.07, 6.45) is 0.945. The molecule has 0 heterocycles. The largest absolute Gasteiger partial charge is 0.460 e. The summed E-state index contributed by atoms with van der Waals surface area (Å²) in [4.78, 5) is 0. The molecule has 0 bridgehead atoms. The molecule has 0 aliphatic heterocycles. The number of hydrogen-bond acceptors (Lipinski definition) is 4. The molecule has 0 saturated heterocycles. The van der Waals surface area contributed by atoms with E-state index in [-0.39, 0.29) is 6.10 Å². The molecule has 0 spiro atoms. The molecule has 0 saturated carbocycles. The van der Waals surface area contributed by atoms with E-state index in [0.29, 0.717) is 0 Å². The highest BCUT2D eigenvalue weighted by Gasteiger charge is 2.85. The van der Waals surface area contributed by atoms with Crippen LogP contribution in [0.25, 0.3) is 0 Å². The van der Waals surface area contributed by atoms with Crippen molar-refractivity contribution in [3.05, 3.63) is 0 Å². The maximum atomic E-state index is 12.2. The van der Waals surface area contributed by atoms with Crippen molar-refractivity contribution in [2.24, 2.45) is 5.73 Å². The Balaban J connectivity index is 0. The fourth-order valence-electron chi connectivity index (χ4n) is 2.01. The van der Waals surface area contributed by atoms with E-state index in [2.05, 4.69) is 6.92 Å². The minimum Gasteiger partial charge on any atom is -0.391 e. The third kappa shape index (κ3) is 8.92. The highest BCUT2D eigenvalue weighted by atomic mass is 32.2. The number of halogens is 9. The van der Waals surface area contributed by atoms with Crippen molar-refractivity contribution < 1.29 is 57.6 Å². The van der Waals surface area contributed by atoms with Gasteiger partial charge >= 0.3 is 33.4 Å². The molecule has 0 aromatic heterocycles. The van der Waals surface area contributed by atoms with Gasteiger partial charge in [-0.05, 0) is 20.3 Å². The molecule has 1 unspecified atom stereocenters. The van der Waals surface area contributed by atoms with Gasteiger partial charge in [0.1, 0.15) is 0 Å². The van der Waals surface area contributed by atoms with Crippen molar-refractivity contribution in [1.29, 1.82) is 0 Å². The summed E-state index contributed by atoms with van der Waals surface area (Å²) < 4.78 is 134. The minimum atomic E-state index is -7.37. The molecule has 0 aliphatic carbocycles. The Morgan fingerprint density at radius 2 is 1.19 bits per heavy atom. The minimum absolute atomic E-state index is 0.353. The maximum absolute atomic E-state index is 12.2. The van der Waals surface area contributed by atoms with E-state index >= 15 is 0 Å². The number of nitrogens with two attached hydrogens (primary N) is 1. The van der Waals surface area contributed by atoms with Crippen LogP contribution in [0.2, 0.25) is 0 Å². The smallest absolute Gasteiger partial charge is 0.391 e. The third-order valence-corrected chi connectivity index (χ3v) is 5.03. The van der Waals surface area contributed by atoms with Crippen molar-refractivity contribution in [1.82, 2.24) is 0 Å². The maximum Gasteiger partial charge on any atom is 0.460 e. The van der Waals surface area contributed by atoms with Gasteiger partial charge in [-0.2, -0.15) is 47.9 Å². The molecule has 190 valence electrons. The Hall–Kier alpha value is -0.800. The van der Waals surface area contributed by atoms with Crippen molar-refractivity contribution in [3.8, 4) is 0 Å². The van der Waals surface area contributed by atoms with E-state index in [1.807, 2.05) is 13.8 Å². The Morgan fingerprint density at radius 1 is 0.806 bits per heavy atom. The molecule has 0 radical (unpaired) electrons. The van der Waals surface area contributed by atoms with E-state index in [9.17, 15) is 53.0 Å². The molecule has 0 rings (SSSR count). The Morgan fingerprint density at radius 3 is 1.52 bits per heavy atom. The van der Waals surface area contributed by atoms with Gasteiger partial charge < -0.3 is 10.8 Å². The van der Waals surface area contributed by atoms with Gasteiger partial charge in [-0.25, -0.2) is 0 Å². The van der Waals surface area contributed by atoms with Gasteiger partial charge in [-0.1, -0.05) is 45.4 Å². The average Bonchev–Trinajstić information content (AvgIpc) is 2.55. The first kappa shape index (κ1) is 32.4. The average molecular weight is 501 g/mol. The lowest BCUT2D eigenvalue weighted by Crippen LogP contribution is -2.63. The fraction of sp³-hybridized carbons (Fsp3) is 1.00. The lowest BCUT2D eigenvalue weighted by Gasteiger charge is -2.31. The molecule has 0 aromatic carbocycles. The molecule has 0 amide bonds. The van der Waals surface area contributed by atoms with Crippen LogP contribution in [-0.2, 0) is 10.1 Å². The Kier molecular flexibility index (Phi) is 11.9. The van der Waals surface area contributed by atoms with Gasteiger partial charge in [0.25, 0.3) is 0 Å². The van der Waals surface area contributed by atoms with E-state index in [1.165, 1.54) is 32.1 Å². The summed E-state index contributed by atoms with van der Waals surface area (Å²) in [5.74, 6) is -14.7. The quantitative estimate of drug-likeness (QED) is 0.207. The van der Waals surface area contributed by atoms with Gasteiger partial charge in [-0.15, -0.1) is 0 Å². The Labute approximate surface area is 174 Å². The van der Waals surface area contributed by atoms with Gasteiger partial charge in [0.05, 0.1) is 6.10 Å². The fourth-order valence-corrected chi connectivity index (χ4v) is 2.46. The number of aliphatic hydroxyl groups excluding tert-OH is 1. The summed E-state index contributed by atoms with van der Waals surface area (Å²) in [5, 5.41) is 2.66. The van der Waals surface area contributed by atoms with Crippen LogP contribution in [0.3, 0.4) is 0 Å². The van der Waals surface area contributed by atoms with Crippen LogP contribution in [0, 0.1) is 0 Å². The molecule has 31 heavy (non-hydrogen) atoms. The van der Waals surface area contributed by atoms with Crippen LogP contribution >= 0.6 is 0 Å². The van der Waals surface area contributed by atoms with Gasteiger partial charge in [0, 0.05) is 5.54 Å². The van der Waals surface area contributed by atoms with Crippen LogP contribution in [0.15, 0.2) is 0 Å². The number of hydrogen-bond donors (Lipinski definition) is 3. The zero-order valence-corrected chi connectivity index (χ0v) is 17.9. The second-order valence-electron chi connectivity index (χ2n) is 7.53. The molecular weight excluding hydrogens is 473 g/mol. The lowest BCUT2D eigenvalue weighted by atomic mass is 9.94. The topological polar surface area (TPSA) is 101 Å². The van der Waals surface area contributed by atoms with Crippen LogP contribution in [0.4, 0.5) is 39.5 Å². The molecular formula is C16H28F9NO4S. The summed E-state index contributed by atoms with van der Waals surface area (Å²) in [7, 11) is -7.17. The van der Waals surface area contributed by atoms with Gasteiger partial charge in [0.2, 0.25) is 0 Å². The number of rotatable bonds is 11. The van der Waals surface area contributed by atoms with Crippen LogP contribution in [0.5, 0.6) is 0 Å². The summed E-state index contributed by atoms with van der Waals surface area (Å²) in [6, 6.07) is 0. The molecule has 0 fully saturated rings. The first-order valence-corrected chi connectivity index (χ1v) is 10.6. The van der Waals surface area contributed by atoms with Crippen molar-refractivity contribution >= 4 is 10.1 Å². The first-order valence-electron chi connectivity index (χ1n) is 9.12. The molecule has 1 atom stereocenters. The van der Waals surface area contributed by atoms with E-state index < -0.39 is 38.9 Å². The number of unbranched alkanes of at least 4 members (excludes halogenated alkanes) is 5. The van der Waals surface area contributed by atoms with E-state index in [4.69, 9.17) is 10.3 Å². The molecule has 15 heteroatoms. The number of aliphatic hydroxyl groups is 1. The predicted molar refractivity (Wildman–Crippen MR) is 94.7 cm³/mol. The highest BCUT2D eigenvalue weighted by molar-refractivity contribution is 7.87. The number of alkyl halides is 9. The van der Waals surface area contributed by atoms with Gasteiger partial charge in [0.15, 0.2) is 0 Å². The molecule has 0 aliphatic rings. The van der Waals surface area contributed by atoms with Crippen LogP contribution < -0.4 is 5.73 Å². The monoisotopic (exact) mass is 501 g/mol. The highest BCUT2D eigenvalue weighted by Crippen LogP contribution is 2.54. The van der Waals surface area contributed by atoms with E-state index in [0.717, 1.165) is 12.8 Å². The third-order valence-electron chi connectivity index (χ3n) is 4.13. The zero-order valence-electron chi connectivity index (χ0n) is 17.1. The van der Waals surface area contributed by atoms with E-state index in [1.54, 1.807) is 0 Å². The zero-order chi connectivity index (χ0) is 25.5. The van der Waals surface area contributed by atoms with Crippen molar-refractivity contribution in [2.75, 3.05) is 0 Å².